The third kappa shape index (κ3) is 3.27. The maximum atomic E-state index is 12.8. The fourth-order valence-electron chi connectivity index (χ4n) is 2.23. The number of nitrogens with two attached hydrogens (primary N) is 1. The number of halogens is 1. The van der Waals surface area contributed by atoms with Gasteiger partial charge in [0.05, 0.1) is 0 Å². The van der Waals surface area contributed by atoms with E-state index in [0.717, 1.165) is 18.0 Å². The molecule has 17 heavy (non-hydrogen) atoms. The molecule has 0 spiro atoms. The van der Waals surface area contributed by atoms with Crippen molar-refractivity contribution in [1.82, 2.24) is 4.90 Å². The monoisotopic (exact) mass is 236 g/mol. The summed E-state index contributed by atoms with van der Waals surface area (Å²) in [6.45, 7) is 3.08. The van der Waals surface area contributed by atoms with Crippen LogP contribution in [0, 0.1) is 11.7 Å². The lowest BCUT2D eigenvalue weighted by Gasteiger charge is -2.27. The van der Waals surface area contributed by atoms with Crippen LogP contribution < -0.4 is 5.73 Å². The van der Waals surface area contributed by atoms with Crippen LogP contribution in [-0.2, 0) is 0 Å². The van der Waals surface area contributed by atoms with E-state index in [2.05, 4.69) is 18.9 Å². The lowest BCUT2D eigenvalue weighted by molar-refractivity contribution is 0.221. The van der Waals surface area contributed by atoms with Gasteiger partial charge in [0.25, 0.3) is 0 Å². The number of hydrogen-bond donors (Lipinski definition) is 1. The minimum atomic E-state index is -0.208. The van der Waals surface area contributed by atoms with Gasteiger partial charge in [-0.1, -0.05) is 12.1 Å². The molecule has 1 aromatic carbocycles. The molecule has 2 unspecified atom stereocenters. The molecule has 0 saturated heterocycles. The quantitative estimate of drug-likeness (QED) is 0.851. The highest BCUT2D eigenvalue weighted by atomic mass is 19.1. The summed E-state index contributed by atoms with van der Waals surface area (Å²) in [4.78, 5) is 2.31. The minimum absolute atomic E-state index is 0.0400. The van der Waals surface area contributed by atoms with Gasteiger partial charge >= 0.3 is 0 Å². The largest absolute Gasteiger partial charge is 0.323 e. The second-order valence-corrected chi connectivity index (χ2v) is 5.18. The first kappa shape index (κ1) is 12.5. The summed E-state index contributed by atoms with van der Waals surface area (Å²) in [7, 11) is 2.12. The number of hydrogen-bond acceptors (Lipinski definition) is 2. The highest BCUT2D eigenvalue weighted by Gasteiger charge is 2.30. The van der Waals surface area contributed by atoms with Crippen molar-refractivity contribution in [2.24, 2.45) is 11.7 Å². The fourth-order valence-corrected chi connectivity index (χ4v) is 2.23. The molecule has 0 bridgehead atoms. The lowest BCUT2D eigenvalue weighted by atomic mass is 10.1. The minimum Gasteiger partial charge on any atom is -0.323 e. The van der Waals surface area contributed by atoms with Gasteiger partial charge in [0.15, 0.2) is 0 Å². The molecule has 0 amide bonds. The van der Waals surface area contributed by atoms with Crippen molar-refractivity contribution in [3.05, 3.63) is 35.6 Å². The van der Waals surface area contributed by atoms with E-state index in [0.29, 0.717) is 6.04 Å². The molecule has 2 atom stereocenters. The average molecular weight is 236 g/mol. The van der Waals surface area contributed by atoms with Gasteiger partial charge in [0, 0.05) is 18.6 Å². The molecular formula is C14H21FN2. The Hall–Kier alpha value is -0.930. The second kappa shape index (κ2) is 5.15. The first-order valence-electron chi connectivity index (χ1n) is 6.29. The van der Waals surface area contributed by atoms with E-state index in [1.165, 1.54) is 25.0 Å². The Morgan fingerprint density at radius 2 is 1.94 bits per heavy atom. The van der Waals surface area contributed by atoms with Crippen LogP contribution in [0.2, 0.25) is 0 Å². The van der Waals surface area contributed by atoms with E-state index in [9.17, 15) is 4.39 Å². The summed E-state index contributed by atoms with van der Waals surface area (Å²) in [5, 5.41) is 0. The van der Waals surface area contributed by atoms with Gasteiger partial charge < -0.3 is 10.6 Å². The topological polar surface area (TPSA) is 29.3 Å². The van der Waals surface area contributed by atoms with E-state index in [-0.39, 0.29) is 11.9 Å². The smallest absolute Gasteiger partial charge is 0.123 e. The zero-order valence-electron chi connectivity index (χ0n) is 10.6. The van der Waals surface area contributed by atoms with Crippen LogP contribution in [0.3, 0.4) is 0 Å². The zero-order valence-corrected chi connectivity index (χ0v) is 10.6. The van der Waals surface area contributed by atoms with Crippen molar-refractivity contribution in [2.75, 3.05) is 13.6 Å². The van der Waals surface area contributed by atoms with E-state index < -0.39 is 0 Å². The van der Waals surface area contributed by atoms with Crippen LogP contribution >= 0.6 is 0 Å². The average Bonchev–Trinajstić information content (AvgIpc) is 3.12. The predicted molar refractivity (Wildman–Crippen MR) is 68.1 cm³/mol. The van der Waals surface area contributed by atoms with Crippen molar-refractivity contribution in [2.45, 2.75) is 31.8 Å². The Bertz CT molecular complexity index is 359. The molecular weight excluding hydrogens is 215 g/mol. The van der Waals surface area contributed by atoms with Crippen molar-refractivity contribution < 1.29 is 4.39 Å². The number of nitrogens with zero attached hydrogens (tertiary/aromatic N) is 1. The van der Waals surface area contributed by atoms with E-state index >= 15 is 0 Å². The third-order valence-electron chi connectivity index (χ3n) is 3.78. The first-order valence-corrected chi connectivity index (χ1v) is 6.29. The van der Waals surface area contributed by atoms with Gasteiger partial charge in [-0.2, -0.15) is 0 Å². The molecule has 1 saturated carbocycles. The predicted octanol–water partition coefficient (Wildman–Crippen LogP) is 2.56. The first-order chi connectivity index (χ1) is 8.08. The zero-order chi connectivity index (χ0) is 12.4. The van der Waals surface area contributed by atoms with Crippen molar-refractivity contribution in [3.63, 3.8) is 0 Å². The van der Waals surface area contributed by atoms with Crippen molar-refractivity contribution in [1.29, 1.82) is 0 Å². The maximum Gasteiger partial charge on any atom is 0.123 e. The Balaban J connectivity index is 1.91. The molecule has 2 N–H and O–H groups in total. The SMILES string of the molecule is CC(C1CC1)N(C)CC(N)c1ccc(F)cc1. The Morgan fingerprint density at radius 3 is 2.47 bits per heavy atom. The van der Waals surface area contributed by atoms with Gasteiger partial charge in [-0.3, -0.25) is 0 Å². The van der Waals surface area contributed by atoms with Crippen LogP contribution in [0.25, 0.3) is 0 Å². The standard InChI is InChI=1S/C14H21FN2/c1-10(11-3-4-11)17(2)9-14(16)12-5-7-13(15)8-6-12/h5-8,10-11,14H,3-4,9,16H2,1-2H3. The van der Waals surface area contributed by atoms with Gasteiger partial charge in [-0.05, 0) is 50.4 Å². The van der Waals surface area contributed by atoms with Gasteiger partial charge in [-0.25, -0.2) is 4.39 Å². The number of rotatable bonds is 5. The van der Waals surface area contributed by atoms with Crippen molar-refractivity contribution >= 4 is 0 Å². The molecule has 1 aromatic rings. The molecule has 1 fully saturated rings. The molecule has 94 valence electrons. The number of likely N-dealkylation sites (N-methyl/N-ethyl adjacent to an activating group) is 1. The number of benzene rings is 1. The van der Waals surface area contributed by atoms with Crippen LogP contribution in [0.15, 0.2) is 24.3 Å². The van der Waals surface area contributed by atoms with Crippen molar-refractivity contribution in [3.8, 4) is 0 Å². The Labute approximate surface area is 103 Å². The highest BCUT2D eigenvalue weighted by molar-refractivity contribution is 5.19. The fraction of sp³-hybridized carbons (Fsp3) is 0.571. The third-order valence-corrected chi connectivity index (χ3v) is 3.78. The molecule has 0 heterocycles. The normalized spacial score (nSPS) is 19.4. The van der Waals surface area contributed by atoms with Crippen LogP contribution in [0.1, 0.15) is 31.4 Å². The summed E-state index contributed by atoms with van der Waals surface area (Å²) in [6.07, 6.45) is 2.69. The summed E-state index contributed by atoms with van der Waals surface area (Å²) < 4.78 is 12.8. The molecule has 0 aliphatic heterocycles. The molecule has 2 rings (SSSR count). The molecule has 0 aromatic heterocycles. The molecule has 3 heteroatoms. The summed E-state index contributed by atoms with van der Waals surface area (Å²) >= 11 is 0. The van der Waals surface area contributed by atoms with Crippen LogP contribution in [0.5, 0.6) is 0 Å². The molecule has 1 aliphatic rings. The summed E-state index contributed by atoms with van der Waals surface area (Å²) in [6, 6.07) is 7.05. The highest BCUT2D eigenvalue weighted by Crippen LogP contribution is 2.34. The van der Waals surface area contributed by atoms with E-state index in [1.807, 2.05) is 0 Å². The Morgan fingerprint density at radius 1 is 1.35 bits per heavy atom. The van der Waals surface area contributed by atoms with E-state index in [1.54, 1.807) is 12.1 Å². The summed E-state index contributed by atoms with van der Waals surface area (Å²) in [5.41, 5.74) is 7.14. The molecule has 1 aliphatic carbocycles. The van der Waals surface area contributed by atoms with E-state index in [4.69, 9.17) is 5.73 Å². The van der Waals surface area contributed by atoms with Crippen LogP contribution in [0.4, 0.5) is 4.39 Å². The molecule has 2 nitrogen and oxygen atoms in total. The Kier molecular flexibility index (Phi) is 3.79. The lowest BCUT2D eigenvalue weighted by Crippen LogP contribution is -2.36. The van der Waals surface area contributed by atoms with Gasteiger partial charge in [0.2, 0.25) is 0 Å². The second-order valence-electron chi connectivity index (χ2n) is 5.18. The van der Waals surface area contributed by atoms with Gasteiger partial charge in [-0.15, -0.1) is 0 Å². The maximum absolute atomic E-state index is 12.8. The van der Waals surface area contributed by atoms with Gasteiger partial charge in [0.1, 0.15) is 5.82 Å². The summed E-state index contributed by atoms with van der Waals surface area (Å²) in [5.74, 6) is 0.640. The molecule has 0 radical (unpaired) electrons. The van der Waals surface area contributed by atoms with Crippen LogP contribution in [-0.4, -0.2) is 24.5 Å².